The highest BCUT2D eigenvalue weighted by Gasteiger charge is 2.45. The number of carbonyl (C=O) groups excluding carboxylic acids is 1. The maximum absolute atomic E-state index is 11.4. The van der Waals surface area contributed by atoms with E-state index in [0.29, 0.717) is 0 Å². The van der Waals surface area contributed by atoms with Crippen LogP contribution in [0.2, 0.25) is 0 Å². The first-order valence-corrected chi connectivity index (χ1v) is 6.62. The summed E-state index contributed by atoms with van der Waals surface area (Å²) in [6.45, 7) is 8.03. The number of carbonyl (C=O) groups is 1. The molecule has 0 radical (unpaired) electrons. The Morgan fingerprint density at radius 3 is 1.89 bits per heavy atom. The van der Waals surface area contributed by atoms with Crippen LogP contribution in [-0.2, 0) is 14.3 Å². The molecule has 0 aromatic heterocycles. The van der Waals surface area contributed by atoms with Gasteiger partial charge in [0.25, 0.3) is 5.91 Å². The van der Waals surface area contributed by atoms with E-state index in [1.807, 2.05) is 13.8 Å². The van der Waals surface area contributed by atoms with Crippen molar-refractivity contribution in [3.8, 4) is 0 Å². The highest BCUT2D eigenvalue weighted by atomic mass is 32.2. The fourth-order valence-corrected chi connectivity index (χ4v) is 1.69. The number of rotatable bonds is 2. The van der Waals surface area contributed by atoms with Gasteiger partial charge < -0.3 is 9.47 Å². The second kappa shape index (κ2) is 9.26. The molecule has 1 fully saturated rings. The molecule has 18 heavy (non-hydrogen) atoms. The zero-order valence-corrected chi connectivity index (χ0v) is 12.1. The molecule has 0 spiro atoms. The van der Waals surface area contributed by atoms with Crippen LogP contribution in [0.3, 0.4) is 0 Å². The lowest BCUT2D eigenvalue weighted by molar-refractivity contribution is -0.253. The fourth-order valence-electron chi connectivity index (χ4n) is 1.11. The smallest absolute Gasteiger partial charge is 0.264 e. The maximum atomic E-state index is 11.4. The molecular weight excluding hydrogens is 262 g/mol. The Bertz CT molecular complexity index is 239. The molecule has 0 atom stereocenters. The van der Waals surface area contributed by atoms with Crippen LogP contribution in [-0.4, -0.2) is 41.1 Å². The predicted octanol–water partition coefficient (Wildman–Crippen LogP) is 1.47. The molecule has 8 heteroatoms. The Morgan fingerprint density at radius 2 is 1.61 bits per heavy atom. The summed E-state index contributed by atoms with van der Waals surface area (Å²) in [5.74, 6) is -1.14. The van der Waals surface area contributed by atoms with Crippen LogP contribution < -0.4 is 5.48 Å². The highest BCUT2D eigenvalue weighted by Crippen LogP contribution is 2.32. The minimum absolute atomic E-state index is 0.230. The van der Waals surface area contributed by atoms with Crippen molar-refractivity contribution in [2.75, 3.05) is 19.5 Å². The van der Waals surface area contributed by atoms with Crippen molar-refractivity contribution in [1.82, 2.24) is 5.48 Å². The van der Waals surface area contributed by atoms with E-state index in [4.69, 9.17) is 24.6 Å². The van der Waals surface area contributed by atoms with Gasteiger partial charge in [-0.15, -0.1) is 11.8 Å². The molecule has 2 N–H and O–H groups in total. The van der Waals surface area contributed by atoms with Crippen LogP contribution in [0, 0.1) is 9.93 Å². The van der Waals surface area contributed by atoms with Gasteiger partial charge in [0.1, 0.15) is 4.75 Å². The average molecular weight is 283 g/mol. The van der Waals surface area contributed by atoms with E-state index in [2.05, 4.69) is 0 Å². The van der Waals surface area contributed by atoms with Crippen LogP contribution in [0.25, 0.3) is 0 Å². The summed E-state index contributed by atoms with van der Waals surface area (Å²) < 4.78 is 9.92. The molecule has 0 saturated carbocycles. The molecule has 0 aromatic rings. The highest BCUT2D eigenvalue weighted by molar-refractivity contribution is 8.00. The fraction of sp³-hybridized carbons (Fsp3) is 0.900. The van der Waals surface area contributed by atoms with Gasteiger partial charge in [-0.2, -0.15) is 0 Å². The van der Waals surface area contributed by atoms with Gasteiger partial charge >= 0.3 is 0 Å². The third-order valence-electron chi connectivity index (χ3n) is 2.21. The minimum Gasteiger partial charge on any atom is -0.348 e. The zero-order chi connectivity index (χ0) is 14.8. The van der Waals surface area contributed by atoms with Crippen molar-refractivity contribution < 1.29 is 19.5 Å². The summed E-state index contributed by atoms with van der Waals surface area (Å²) in [6, 6.07) is 0. The molecule has 0 aliphatic carbocycles. The summed E-state index contributed by atoms with van der Waals surface area (Å²) in [5, 5.41) is 8.59. The second-order valence-electron chi connectivity index (χ2n) is 3.62. The first-order valence-electron chi connectivity index (χ1n) is 5.40. The Labute approximate surface area is 111 Å². The number of thioether (sulfide) groups is 1. The van der Waals surface area contributed by atoms with Gasteiger partial charge in [0.2, 0.25) is 0 Å². The number of hydroxylamine groups is 1. The molecule has 1 amide bonds. The summed E-state index contributed by atoms with van der Waals surface area (Å²) in [5.41, 5.74) is 1.63. The predicted molar refractivity (Wildman–Crippen MR) is 70.2 cm³/mol. The molecule has 0 aromatic carbocycles. The Morgan fingerprint density at radius 1 is 1.22 bits per heavy atom. The molecule has 1 rings (SSSR count). The number of nitrogens with one attached hydrogen (secondary N) is 1. The molecule has 0 bridgehead atoms. The molecule has 0 unspecified atom stereocenters. The lowest BCUT2D eigenvalue weighted by Gasteiger charge is -2.40. The summed E-state index contributed by atoms with van der Waals surface area (Å²) in [6.07, 6.45) is 1.78. The summed E-state index contributed by atoms with van der Waals surface area (Å²) in [4.78, 5) is 25.4. The summed E-state index contributed by atoms with van der Waals surface area (Å²) >= 11 is 1.30. The first-order chi connectivity index (χ1) is 8.46. The van der Waals surface area contributed by atoms with Crippen molar-refractivity contribution in [3.05, 3.63) is 9.93 Å². The van der Waals surface area contributed by atoms with Crippen molar-refractivity contribution in [1.29, 1.82) is 0 Å². The maximum Gasteiger partial charge on any atom is 0.264 e. The van der Waals surface area contributed by atoms with Gasteiger partial charge in [0, 0.05) is 9.93 Å². The van der Waals surface area contributed by atoms with E-state index < -0.39 is 16.4 Å². The lowest BCUT2D eigenvalue weighted by atomic mass is 10.1. The topological polar surface area (TPSA) is 102 Å². The van der Waals surface area contributed by atoms with Gasteiger partial charge in [-0.05, 0) is 20.1 Å². The summed E-state index contributed by atoms with van der Waals surface area (Å²) in [7, 11) is 0. The van der Waals surface area contributed by atoms with E-state index in [0.717, 1.165) is 0 Å². The first kappa shape index (κ1) is 19.6. The van der Waals surface area contributed by atoms with Crippen LogP contribution in [0.15, 0.2) is 0 Å². The van der Waals surface area contributed by atoms with E-state index in [-0.39, 0.29) is 13.2 Å². The van der Waals surface area contributed by atoms with Crippen LogP contribution >= 0.6 is 11.8 Å². The van der Waals surface area contributed by atoms with Gasteiger partial charge in [0.05, 0.1) is 13.2 Å². The number of amides is 1. The third-order valence-corrected chi connectivity index (χ3v) is 3.41. The van der Waals surface area contributed by atoms with E-state index in [1.165, 1.54) is 11.8 Å². The Hall–Kier alpha value is -0.700. The van der Waals surface area contributed by atoms with Gasteiger partial charge in [0.15, 0.2) is 5.79 Å². The average Bonchev–Trinajstić information content (AvgIpc) is 2.43. The minimum atomic E-state index is -0.843. The monoisotopic (exact) mass is 283 g/mol. The second-order valence-corrected chi connectivity index (χ2v) is 4.81. The van der Waals surface area contributed by atoms with Crippen LogP contribution in [0.5, 0.6) is 0 Å². The largest absolute Gasteiger partial charge is 0.348 e. The Kier molecular flexibility index (Phi) is 10.1. The van der Waals surface area contributed by atoms with E-state index in [9.17, 15) is 4.79 Å². The van der Waals surface area contributed by atoms with E-state index in [1.54, 1.807) is 25.6 Å². The quantitative estimate of drug-likeness (QED) is 0.584. The number of ether oxygens (including phenoxy) is 2. The molecular formula is C10H21NO6S. The normalized spacial score (nSPS) is 19.4. The molecule has 1 saturated heterocycles. The van der Waals surface area contributed by atoms with Gasteiger partial charge in [-0.3, -0.25) is 10.0 Å². The van der Waals surface area contributed by atoms with Crippen molar-refractivity contribution >= 4 is 17.7 Å². The van der Waals surface area contributed by atoms with Crippen LogP contribution in [0.1, 0.15) is 27.7 Å². The van der Waals surface area contributed by atoms with Gasteiger partial charge in [-0.25, -0.2) is 5.48 Å². The van der Waals surface area contributed by atoms with Crippen LogP contribution in [0.4, 0.5) is 0 Å². The van der Waals surface area contributed by atoms with Crippen molar-refractivity contribution in [2.24, 2.45) is 0 Å². The van der Waals surface area contributed by atoms with Gasteiger partial charge in [-0.1, -0.05) is 13.8 Å². The lowest BCUT2D eigenvalue weighted by Crippen LogP contribution is -2.56. The van der Waals surface area contributed by atoms with Crippen molar-refractivity contribution in [3.63, 3.8) is 0 Å². The third kappa shape index (κ3) is 5.30. The number of hydrogen-bond acceptors (Lipinski definition) is 7. The van der Waals surface area contributed by atoms with E-state index >= 15 is 0 Å². The Balaban J connectivity index is 0. The molecule has 7 nitrogen and oxygen atoms in total. The van der Waals surface area contributed by atoms with Crippen molar-refractivity contribution in [2.45, 2.75) is 38.2 Å². The molecule has 1 aliphatic heterocycles. The SMILES string of the molecule is CC.CSC1(C(=O)NO)COC(C)(C)OC1.O=O. The zero-order valence-electron chi connectivity index (χ0n) is 11.3. The number of hydrogen-bond donors (Lipinski definition) is 2. The molecule has 108 valence electrons. The standard InChI is InChI=1S/C8H15NO4S.C2H6.O2/c1-7(2)12-4-8(14-3,5-13-7)6(10)9-11;2*1-2/h11H,4-5H2,1-3H3,(H,9,10);1-2H3;. The molecule has 1 heterocycles. The molecule has 1 aliphatic rings.